The number of hydrogen-bond acceptors (Lipinski definition) is 3. The molecule has 2 N–H and O–H groups in total. The molecule has 0 unspecified atom stereocenters. The van der Waals surface area contributed by atoms with Gasteiger partial charge in [0.2, 0.25) is 0 Å². The molecule has 1 aromatic carbocycles. The molecule has 1 aromatic heterocycles. The number of nitriles is 1. The largest absolute Gasteiger partial charge is 0.396 e. The Hall–Kier alpha value is -1.24. The van der Waals surface area contributed by atoms with Crippen molar-refractivity contribution in [1.82, 2.24) is 0 Å². The Morgan fingerprint density at radius 3 is 3.00 bits per heavy atom. The first-order valence-electron chi connectivity index (χ1n) is 4.05. The number of benzene rings is 1. The first kappa shape index (κ1) is 9.32. The molecule has 0 spiro atoms. The minimum absolute atomic E-state index is 0.406. The molecular formula is C10H7ClN2S. The van der Waals surface area contributed by atoms with Gasteiger partial charge in [-0.15, -0.1) is 11.3 Å². The van der Waals surface area contributed by atoms with E-state index in [4.69, 9.17) is 22.6 Å². The average molecular weight is 223 g/mol. The molecule has 0 amide bonds. The lowest BCUT2D eigenvalue weighted by atomic mass is 10.1. The highest BCUT2D eigenvalue weighted by atomic mass is 35.5. The van der Waals surface area contributed by atoms with Gasteiger partial charge in [-0.2, -0.15) is 5.26 Å². The van der Waals surface area contributed by atoms with Crippen LogP contribution in [0.25, 0.3) is 10.1 Å². The van der Waals surface area contributed by atoms with E-state index in [-0.39, 0.29) is 0 Å². The number of fused-ring (bicyclic) bond motifs is 1. The van der Waals surface area contributed by atoms with E-state index >= 15 is 0 Å². The van der Waals surface area contributed by atoms with Crippen LogP contribution in [0.3, 0.4) is 0 Å². The van der Waals surface area contributed by atoms with Crippen molar-refractivity contribution in [3.8, 4) is 6.07 Å². The maximum absolute atomic E-state index is 8.56. The molecule has 0 bridgehead atoms. The van der Waals surface area contributed by atoms with Crippen LogP contribution in [0.5, 0.6) is 0 Å². The summed E-state index contributed by atoms with van der Waals surface area (Å²) in [6, 6.07) is 7.91. The zero-order valence-electron chi connectivity index (χ0n) is 7.25. The van der Waals surface area contributed by atoms with Gasteiger partial charge in [0, 0.05) is 10.1 Å². The molecule has 0 radical (unpaired) electrons. The standard InChI is InChI=1S/C10H7ClN2S/c11-10-9(13)7-5-6(3-4-12)1-2-8(7)14-10/h1-2,5H,3,13H2. The van der Waals surface area contributed by atoms with Gasteiger partial charge in [0.25, 0.3) is 0 Å². The van der Waals surface area contributed by atoms with Crippen LogP contribution in [-0.2, 0) is 6.42 Å². The summed E-state index contributed by atoms with van der Waals surface area (Å²) in [5, 5.41) is 9.51. The Balaban J connectivity index is 2.65. The third kappa shape index (κ3) is 1.43. The summed E-state index contributed by atoms with van der Waals surface area (Å²) >= 11 is 7.37. The van der Waals surface area contributed by atoms with Crippen LogP contribution in [0.15, 0.2) is 18.2 Å². The summed E-state index contributed by atoms with van der Waals surface area (Å²) in [5.41, 5.74) is 7.39. The molecule has 2 rings (SSSR count). The molecule has 70 valence electrons. The Morgan fingerprint density at radius 1 is 1.50 bits per heavy atom. The fourth-order valence-electron chi connectivity index (χ4n) is 1.34. The van der Waals surface area contributed by atoms with Crippen molar-refractivity contribution in [3.63, 3.8) is 0 Å². The first-order chi connectivity index (χ1) is 6.72. The second-order valence-corrected chi connectivity index (χ2v) is 4.61. The molecule has 2 nitrogen and oxygen atoms in total. The van der Waals surface area contributed by atoms with Crippen molar-refractivity contribution >= 4 is 38.7 Å². The smallest absolute Gasteiger partial charge is 0.117 e. The summed E-state index contributed by atoms with van der Waals surface area (Å²) in [6.07, 6.45) is 0.406. The lowest BCUT2D eigenvalue weighted by Crippen LogP contribution is -1.84. The fourth-order valence-corrected chi connectivity index (χ4v) is 2.51. The molecule has 1 heterocycles. The number of hydrogen-bond donors (Lipinski definition) is 1. The maximum Gasteiger partial charge on any atom is 0.117 e. The number of nitrogen functional groups attached to an aromatic ring is 1. The summed E-state index contributed by atoms with van der Waals surface area (Å²) in [6.45, 7) is 0. The lowest BCUT2D eigenvalue weighted by molar-refractivity contribution is 1.27. The van der Waals surface area contributed by atoms with Gasteiger partial charge in [-0.25, -0.2) is 0 Å². The van der Waals surface area contributed by atoms with Crippen LogP contribution in [0, 0.1) is 11.3 Å². The highest BCUT2D eigenvalue weighted by molar-refractivity contribution is 7.23. The van der Waals surface area contributed by atoms with Gasteiger partial charge >= 0.3 is 0 Å². The van der Waals surface area contributed by atoms with Crippen molar-refractivity contribution in [1.29, 1.82) is 5.26 Å². The molecule has 0 saturated heterocycles. The Morgan fingerprint density at radius 2 is 2.29 bits per heavy atom. The number of halogens is 1. The Bertz CT molecular complexity index is 525. The molecule has 2 aromatic rings. The van der Waals surface area contributed by atoms with Crippen LogP contribution in [0.1, 0.15) is 5.56 Å². The monoisotopic (exact) mass is 222 g/mol. The fraction of sp³-hybridized carbons (Fsp3) is 0.100. The average Bonchev–Trinajstić information content (AvgIpc) is 2.45. The number of nitrogens with zero attached hydrogens (tertiary/aromatic N) is 1. The van der Waals surface area contributed by atoms with Crippen LogP contribution < -0.4 is 5.73 Å². The van der Waals surface area contributed by atoms with E-state index in [1.165, 1.54) is 11.3 Å². The van der Waals surface area contributed by atoms with E-state index in [0.717, 1.165) is 15.6 Å². The van der Waals surface area contributed by atoms with E-state index in [1.54, 1.807) is 0 Å². The number of thiophene rings is 1. The van der Waals surface area contributed by atoms with Gasteiger partial charge in [-0.1, -0.05) is 17.7 Å². The van der Waals surface area contributed by atoms with E-state index in [1.807, 2.05) is 18.2 Å². The minimum atomic E-state index is 0.406. The van der Waals surface area contributed by atoms with Gasteiger partial charge in [0.15, 0.2) is 0 Å². The zero-order valence-corrected chi connectivity index (χ0v) is 8.82. The summed E-state index contributed by atoms with van der Waals surface area (Å²) in [7, 11) is 0. The molecule has 0 aliphatic rings. The van der Waals surface area contributed by atoms with Crippen LogP contribution in [-0.4, -0.2) is 0 Å². The minimum Gasteiger partial charge on any atom is -0.396 e. The zero-order chi connectivity index (χ0) is 10.1. The van der Waals surface area contributed by atoms with Crippen molar-refractivity contribution in [2.24, 2.45) is 0 Å². The third-order valence-electron chi connectivity index (χ3n) is 2.03. The highest BCUT2D eigenvalue weighted by Crippen LogP contribution is 2.37. The maximum atomic E-state index is 8.56. The van der Waals surface area contributed by atoms with Gasteiger partial charge in [0.1, 0.15) is 4.34 Å². The summed E-state index contributed by atoms with van der Waals surface area (Å²) in [5.74, 6) is 0. The predicted octanol–water partition coefficient (Wildman–Crippen LogP) is 3.20. The van der Waals surface area contributed by atoms with E-state index < -0.39 is 0 Å². The second kappa shape index (κ2) is 3.49. The Kier molecular flexibility index (Phi) is 2.32. The van der Waals surface area contributed by atoms with Crippen molar-refractivity contribution in [2.75, 3.05) is 5.73 Å². The first-order valence-corrected chi connectivity index (χ1v) is 5.25. The van der Waals surface area contributed by atoms with Gasteiger partial charge < -0.3 is 5.73 Å². The predicted molar refractivity (Wildman–Crippen MR) is 60.6 cm³/mol. The van der Waals surface area contributed by atoms with Crippen LogP contribution >= 0.6 is 22.9 Å². The van der Waals surface area contributed by atoms with Crippen LogP contribution in [0.2, 0.25) is 4.34 Å². The molecule has 0 saturated carbocycles. The lowest BCUT2D eigenvalue weighted by Gasteiger charge is -1.95. The SMILES string of the molecule is N#CCc1ccc2sc(Cl)c(N)c2c1. The molecule has 0 atom stereocenters. The van der Waals surface area contributed by atoms with Gasteiger partial charge in [0.05, 0.1) is 18.2 Å². The number of rotatable bonds is 1. The van der Waals surface area contributed by atoms with Crippen LogP contribution in [0.4, 0.5) is 5.69 Å². The third-order valence-corrected chi connectivity index (χ3v) is 3.44. The highest BCUT2D eigenvalue weighted by Gasteiger charge is 2.07. The molecule has 0 fully saturated rings. The van der Waals surface area contributed by atoms with Crippen molar-refractivity contribution in [3.05, 3.63) is 28.1 Å². The van der Waals surface area contributed by atoms with Crippen molar-refractivity contribution in [2.45, 2.75) is 6.42 Å². The quantitative estimate of drug-likeness (QED) is 0.806. The van der Waals surface area contributed by atoms with Gasteiger partial charge in [-0.05, 0) is 17.7 Å². The topological polar surface area (TPSA) is 49.8 Å². The van der Waals surface area contributed by atoms with E-state index in [0.29, 0.717) is 16.4 Å². The van der Waals surface area contributed by atoms with Crippen molar-refractivity contribution < 1.29 is 0 Å². The normalized spacial score (nSPS) is 10.3. The molecular weight excluding hydrogens is 216 g/mol. The van der Waals surface area contributed by atoms with E-state index in [9.17, 15) is 0 Å². The number of nitrogens with two attached hydrogens (primary N) is 1. The summed E-state index contributed by atoms with van der Waals surface area (Å²) < 4.78 is 1.68. The second-order valence-electron chi connectivity index (χ2n) is 2.95. The molecule has 0 aliphatic carbocycles. The molecule has 0 aliphatic heterocycles. The Labute approximate surface area is 90.5 Å². The van der Waals surface area contributed by atoms with Gasteiger partial charge in [-0.3, -0.25) is 0 Å². The summed E-state index contributed by atoms with van der Waals surface area (Å²) in [4.78, 5) is 0. The molecule has 14 heavy (non-hydrogen) atoms. The van der Waals surface area contributed by atoms with E-state index in [2.05, 4.69) is 6.07 Å². The number of anilines is 1. The molecule has 4 heteroatoms.